The lowest BCUT2D eigenvalue weighted by Gasteiger charge is -2.19. The van der Waals surface area contributed by atoms with Gasteiger partial charge in [0, 0.05) is 6.42 Å². The van der Waals surface area contributed by atoms with Crippen LogP contribution in [-0.4, -0.2) is 29.0 Å². The summed E-state index contributed by atoms with van der Waals surface area (Å²) in [5.41, 5.74) is 1.09. The second kappa shape index (κ2) is 5.89. The Kier molecular flexibility index (Phi) is 3.42. The topological polar surface area (TPSA) is 49.7 Å². The van der Waals surface area contributed by atoms with Crippen molar-refractivity contribution in [3.05, 3.63) is 72.3 Å². The van der Waals surface area contributed by atoms with Crippen molar-refractivity contribution in [3.8, 4) is 0 Å². The molecule has 2 N–H and O–H groups in total. The SMILES string of the molecule is OC[C@H]1O[C@@H](c2ccc3c4cccc5cccc(c6cccc2c63)c54)C[C@@H]1O. The van der Waals surface area contributed by atoms with Crippen LogP contribution in [-0.2, 0) is 4.74 Å². The first-order chi connectivity index (χ1) is 13.8. The highest BCUT2D eigenvalue weighted by molar-refractivity contribution is 6.33. The summed E-state index contributed by atoms with van der Waals surface area (Å²) in [4.78, 5) is 0. The van der Waals surface area contributed by atoms with Gasteiger partial charge in [-0.15, -0.1) is 0 Å². The van der Waals surface area contributed by atoms with Gasteiger partial charge in [-0.05, 0) is 48.7 Å². The molecule has 0 aliphatic carbocycles. The highest BCUT2D eigenvalue weighted by Crippen LogP contribution is 2.44. The van der Waals surface area contributed by atoms with E-state index in [1.54, 1.807) is 0 Å². The lowest BCUT2D eigenvalue weighted by molar-refractivity contribution is -0.0222. The van der Waals surface area contributed by atoms with Gasteiger partial charge in [-0.25, -0.2) is 0 Å². The Balaban J connectivity index is 1.72. The fraction of sp³-hybridized carbons (Fsp3) is 0.200. The fourth-order valence-corrected chi connectivity index (χ4v) is 5.04. The second-order valence-electron chi connectivity index (χ2n) is 7.79. The average molecular weight is 368 g/mol. The third-order valence-corrected chi connectivity index (χ3v) is 6.31. The fourth-order valence-electron chi connectivity index (χ4n) is 5.04. The molecule has 0 aromatic heterocycles. The predicted molar refractivity (Wildman–Crippen MR) is 113 cm³/mol. The summed E-state index contributed by atoms with van der Waals surface area (Å²) >= 11 is 0. The van der Waals surface area contributed by atoms with Crippen LogP contribution >= 0.6 is 0 Å². The lowest BCUT2D eigenvalue weighted by Crippen LogP contribution is -2.24. The van der Waals surface area contributed by atoms with E-state index >= 15 is 0 Å². The molecule has 1 aliphatic rings. The summed E-state index contributed by atoms with van der Waals surface area (Å²) in [6.45, 7) is -0.158. The van der Waals surface area contributed by atoms with Gasteiger partial charge in [0.2, 0.25) is 0 Å². The van der Waals surface area contributed by atoms with Crippen LogP contribution < -0.4 is 0 Å². The first-order valence-electron chi connectivity index (χ1n) is 9.79. The average Bonchev–Trinajstić information content (AvgIpc) is 3.12. The Hall–Kier alpha value is -2.72. The van der Waals surface area contributed by atoms with Crippen molar-refractivity contribution in [1.82, 2.24) is 0 Å². The van der Waals surface area contributed by atoms with Gasteiger partial charge in [-0.3, -0.25) is 0 Å². The van der Waals surface area contributed by atoms with Crippen LogP contribution in [0.4, 0.5) is 0 Å². The Morgan fingerprint density at radius 2 is 1.36 bits per heavy atom. The number of hydrogen-bond donors (Lipinski definition) is 2. The number of benzene rings is 5. The molecule has 1 saturated heterocycles. The van der Waals surface area contributed by atoms with Gasteiger partial charge in [0.05, 0.1) is 18.8 Å². The predicted octanol–water partition coefficient (Wildman–Crippen LogP) is 4.92. The molecule has 28 heavy (non-hydrogen) atoms. The molecule has 5 aromatic carbocycles. The van der Waals surface area contributed by atoms with Crippen LogP contribution in [0.3, 0.4) is 0 Å². The third-order valence-electron chi connectivity index (χ3n) is 6.31. The molecule has 1 aliphatic heterocycles. The number of hydrogen-bond acceptors (Lipinski definition) is 3. The molecule has 1 heterocycles. The molecule has 0 unspecified atom stereocenters. The summed E-state index contributed by atoms with van der Waals surface area (Å²) < 4.78 is 5.98. The van der Waals surface area contributed by atoms with E-state index in [1.807, 2.05) is 0 Å². The van der Waals surface area contributed by atoms with Crippen molar-refractivity contribution in [1.29, 1.82) is 0 Å². The molecule has 3 atom stereocenters. The highest BCUT2D eigenvalue weighted by atomic mass is 16.5. The van der Waals surface area contributed by atoms with Crippen LogP contribution in [0.25, 0.3) is 43.1 Å². The van der Waals surface area contributed by atoms with E-state index in [0.29, 0.717) is 6.42 Å². The van der Waals surface area contributed by atoms with Crippen LogP contribution in [0.1, 0.15) is 18.1 Å². The number of rotatable bonds is 2. The monoisotopic (exact) mass is 368 g/mol. The molecule has 3 nitrogen and oxygen atoms in total. The molecule has 0 saturated carbocycles. The van der Waals surface area contributed by atoms with Crippen LogP contribution in [0, 0.1) is 0 Å². The standard InChI is InChI=1S/C25H20O3/c26-13-23-21(27)12-22(28-23)15-10-11-20-18-7-2-5-14-4-1-6-17(24(14)18)19-9-3-8-16(15)25(19)20/h1-11,21-23,26-27H,12-13H2/t21-,22+,23+/m0/s1. The van der Waals surface area contributed by atoms with E-state index in [1.165, 1.54) is 37.7 Å². The number of fused-ring (bicyclic) bond motifs is 2. The maximum Gasteiger partial charge on any atom is 0.107 e. The van der Waals surface area contributed by atoms with E-state index in [4.69, 9.17) is 4.74 Å². The van der Waals surface area contributed by atoms with Crippen molar-refractivity contribution in [2.75, 3.05) is 6.61 Å². The van der Waals surface area contributed by atoms with Gasteiger partial charge in [-0.2, -0.15) is 0 Å². The Bertz CT molecular complexity index is 1290. The van der Waals surface area contributed by atoms with Crippen molar-refractivity contribution in [2.24, 2.45) is 0 Å². The smallest absolute Gasteiger partial charge is 0.107 e. The first kappa shape index (κ1) is 16.3. The van der Waals surface area contributed by atoms with Crippen LogP contribution in [0.5, 0.6) is 0 Å². The van der Waals surface area contributed by atoms with Gasteiger partial charge < -0.3 is 14.9 Å². The van der Waals surface area contributed by atoms with Gasteiger partial charge in [-0.1, -0.05) is 66.7 Å². The van der Waals surface area contributed by atoms with Gasteiger partial charge in [0.25, 0.3) is 0 Å². The molecule has 5 aromatic rings. The quantitative estimate of drug-likeness (QED) is 0.343. The maximum atomic E-state index is 10.2. The summed E-state index contributed by atoms with van der Waals surface area (Å²) in [7, 11) is 0. The minimum Gasteiger partial charge on any atom is -0.394 e. The third kappa shape index (κ3) is 2.09. The van der Waals surface area contributed by atoms with E-state index in [-0.39, 0.29) is 12.7 Å². The minimum absolute atomic E-state index is 0.158. The van der Waals surface area contributed by atoms with Crippen LogP contribution in [0.2, 0.25) is 0 Å². The zero-order chi connectivity index (χ0) is 18.8. The molecule has 3 heteroatoms. The van der Waals surface area contributed by atoms with E-state index in [2.05, 4.69) is 66.7 Å². The molecule has 0 bridgehead atoms. The number of aliphatic hydroxyl groups excluding tert-OH is 2. The Morgan fingerprint density at radius 1 is 0.750 bits per heavy atom. The van der Waals surface area contributed by atoms with Crippen molar-refractivity contribution >= 4 is 43.1 Å². The molecular weight excluding hydrogens is 348 g/mol. The number of aliphatic hydroxyl groups is 2. The van der Waals surface area contributed by atoms with Crippen molar-refractivity contribution < 1.29 is 14.9 Å². The van der Waals surface area contributed by atoms with Crippen molar-refractivity contribution in [3.63, 3.8) is 0 Å². The summed E-state index contributed by atoms with van der Waals surface area (Å²) in [5.74, 6) is 0. The van der Waals surface area contributed by atoms with E-state index < -0.39 is 12.2 Å². The molecule has 0 radical (unpaired) electrons. The second-order valence-corrected chi connectivity index (χ2v) is 7.79. The van der Waals surface area contributed by atoms with Gasteiger partial charge in [0.1, 0.15) is 6.10 Å². The lowest BCUT2D eigenvalue weighted by atomic mass is 9.87. The molecule has 0 amide bonds. The Morgan fingerprint density at radius 3 is 2.04 bits per heavy atom. The summed E-state index contributed by atoms with van der Waals surface area (Å²) in [6.07, 6.45) is -0.833. The van der Waals surface area contributed by atoms with E-state index in [9.17, 15) is 10.2 Å². The summed E-state index contributed by atoms with van der Waals surface area (Å²) in [6, 6.07) is 23.8. The number of ether oxygens (including phenoxy) is 1. The zero-order valence-corrected chi connectivity index (χ0v) is 15.3. The first-order valence-corrected chi connectivity index (χ1v) is 9.79. The Labute approximate surface area is 162 Å². The molecule has 1 fully saturated rings. The van der Waals surface area contributed by atoms with Crippen molar-refractivity contribution in [2.45, 2.75) is 24.7 Å². The largest absolute Gasteiger partial charge is 0.394 e. The molecule has 138 valence electrons. The maximum absolute atomic E-state index is 10.2. The van der Waals surface area contributed by atoms with Gasteiger partial charge in [0.15, 0.2) is 0 Å². The molecular formula is C25H20O3. The molecule has 6 rings (SSSR count). The normalized spacial score (nSPS) is 22.9. The van der Waals surface area contributed by atoms with Gasteiger partial charge >= 0.3 is 0 Å². The van der Waals surface area contributed by atoms with E-state index in [0.717, 1.165) is 10.9 Å². The zero-order valence-electron chi connectivity index (χ0n) is 15.3. The highest BCUT2D eigenvalue weighted by Gasteiger charge is 2.35. The molecule has 0 spiro atoms. The summed E-state index contributed by atoms with van der Waals surface area (Å²) in [5, 5.41) is 29.7. The minimum atomic E-state index is -0.629. The van der Waals surface area contributed by atoms with Crippen LogP contribution in [0.15, 0.2) is 66.7 Å².